The molecule has 0 aliphatic rings. The largest absolute Gasteiger partial charge is 0.258 e. The van der Waals surface area contributed by atoms with Crippen LogP contribution in [0.2, 0.25) is 0 Å². The molecule has 0 amide bonds. The summed E-state index contributed by atoms with van der Waals surface area (Å²) in [5.74, 6) is 1.05. The molecule has 0 spiro atoms. The predicted molar refractivity (Wildman–Crippen MR) is 131 cm³/mol. The molecule has 32 heavy (non-hydrogen) atoms. The third kappa shape index (κ3) is 6.18. The highest BCUT2D eigenvalue weighted by Gasteiger charge is 2.07. The second kappa shape index (κ2) is 11.9. The Morgan fingerprint density at radius 3 is 2.62 bits per heavy atom. The van der Waals surface area contributed by atoms with Crippen LogP contribution in [0.15, 0.2) is 88.2 Å². The third-order valence-electron chi connectivity index (χ3n) is 4.31. The second-order valence-electron chi connectivity index (χ2n) is 6.59. The van der Waals surface area contributed by atoms with Gasteiger partial charge in [0.25, 0.3) is 0 Å². The number of aromatic nitrogens is 4. The van der Waals surface area contributed by atoms with Gasteiger partial charge in [-0.3, -0.25) is 15.0 Å². The number of rotatable bonds is 8. The summed E-state index contributed by atoms with van der Waals surface area (Å²) in [5, 5.41) is 0. The molecule has 160 valence electrons. The molecule has 0 aliphatic carbocycles. The van der Waals surface area contributed by atoms with E-state index in [-0.39, 0.29) is 0 Å². The fraction of sp³-hybridized carbons (Fsp3) is 0.160. The van der Waals surface area contributed by atoms with Crippen LogP contribution in [0.5, 0.6) is 0 Å². The van der Waals surface area contributed by atoms with Gasteiger partial charge in [-0.25, -0.2) is 20.0 Å². The van der Waals surface area contributed by atoms with Crippen molar-refractivity contribution in [2.45, 2.75) is 26.7 Å². The first kappa shape index (κ1) is 22.6. The van der Waals surface area contributed by atoms with Gasteiger partial charge in [0, 0.05) is 36.9 Å². The Morgan fingerprint density at radius 1 is 1.00 bits per heavy atom. The highest BCUT2D eigenvalue weighted by molar-refractivity contribution is 6.00. The molecule has 0 bridgehead atoms. The van der Waals surface area contributed by atoms with E-state index < -0.39 is 0 Å². The summed E-state index contributed by atoms with van der Waals surface area (Å²) >= 11 is 0. The first-order valence-corrected chi connectivity index (χ1v) is 10.3. The molecule has 3 aromatic heterocycles. The van der Waals surface area contributed by atoms with Gasteiger partial charge in [-0.15, -0.1) is 0 Å². The van der Waals surface area contributed by atoms with Crippen molar-refractivity contribution in [2.24, 2.45) is 15.0 Å². The number of amidine groups is 1. The van der Waals surface area contributed by atoms with Gasteiger partial charge in [0.1, 0.15) is 11.4 Å². The number of allylic oxidation sites excluding steroid dienone is 2. The van der Waals surface area contributed by atoms with Crippen molar-refractivity contribution < 1.29 is 0 Å². The molecular weight excluding hydrogens is 398 g/mol. The van der Waals surface area contributed by atoms with Crippen LogP contribution in [0.4, 0.5) is 0 Å². The number of hydrogen-bond acceptors (Lipinski definition) is 6. The van der Waals surface area contributed by atoms with E-state index in [1.807, 2.05) is 74.7 Å². The smallest absolute Gasteiger partial charge is 0.178 e. The maximum absolute atomic E-state index is 4.73. The van der Waals surface area contributed by atoms with E-state index in [2.05, 4.69) is 36.6 Å². The molecule has 0 fully saturated rings. The fourth-order valence-electron chi connectivity index (χ4n) is 2.79. The molecule has 0 radical (unpaired) electrons. The van der Waals surface area contributed by atoms with E-state index in [4.69, 9.17) is 4.98 Å². The van der Waals surface area contributed by atoms with Gasteiger partial charge in [-0.05, 0) is 50.4 Å². The summed E-state index contributed by atoms with van der Waals surface area (Å²) in [6.07, 6.45) is 12.3. The molecular formula is C25H25N7. The highest BCUT2D eigenvalue weighted by atomic mass is 14.9. The summed E-state index contributed by atoms with van der Waals surface area (Å²) in [7, 11) is 0. The topological polar surface area (TPSA) is 88.6 Å². The van der Waals surface area contributed by atoms with E-state index in [1.54, 1.807) is 18.6 Å². The number of aliphatic imine (C=N–C) groups is 3. The Labute approximate surface area is 188 Å². The molecule has 0 saturated carbocycles. The lowest BCUT2D eigenvalue weighted by Gasteiger charge is -2.05. The molecule has 0 unspecified atom stereocenters. The third-order valence-corrected chi connectivity index (χ3v) is 4.31. The quantitative estimate of drug-likeness (QED) is 0.378. The lowest BCUT2D eigenvalue weighted by atomic mass is 10.2. The van der Waals surface area contributed by atoms with Crippen molar-refractivity contribution in [3.05, 3.63) is 90.4 Å². The van der Waals surface area contributed by atoms with Crippen LogP contribution in [-0.2, 0) is 6.42 Å². The zero-order valence-corrected chi connectivity index (χ0v) is 18.3. The summed E-state index contributed by atoms with van der Waals surface area (Å²) < 4.78 is 0. The van der Waals surface area contributed by atoms with E-state index >= 15 is 0 Å². The Bertz CT molecular complexity index is 1160. The molecule has 0 N–H and O–H groups in total. The van der Waals surface area contributed by atoms with Crippen LogP contribution < -0.4 is 0 Å². The van der Waals surface area contributed by atoms with Crippen molar-refractivity contribution in [2.75, 3.05) is 0 Å². The van der Waals surface area contributed by atoms with Crippen molar-refractivity contribution >= 4 is 24.5 Å². The first-order chi connectivity index (χ1) is 15.7. The standard InChI is InChI=1S/C25H25N7/c1-4-15-27-20(5-2)25-30-18-14-22(32-25)21-13-8-10-19(31-21)11-9-17-29-24(26-3)23-12-6-7-16-28-23/h5-10,12-18H,3-4,11H2,1-2H3/b17-9-,20-5-,27-15?,29-24?. The minimum absolute atomic E-state index is 0.475. The summed E-state index contributed by atoms with van der Waals surface area (Å²) in [6.45, 7) is 7.53. The van der Waals surface area contributed by atoms with Crippen molar-refractivity contribution in [1.82, 2.24) is 19.9 Å². The summed E-state index contributed by atoms with van der Waals surface area (Å²) in [4.78, 5) is 30.7. The molecule has 7 nitrogen and oxygen atoms in total. The highest BCUT2D eigenvalue weighted by Crippen LogP contribution is 2.18. The minimum Gasteiger partial charge on any atom is -0.258 e. The number of pyridine rings is 2. The molecule has 3 rings (SSSR count). The molecule has 7 heteroatoms. The molecule has 3 heterocycles. The van der Waals surface area contributed by atoms with Crippen molar-refractivity contribution in [3.63, 3.8) is 0 Å². The van der Waals surface area contributed by atoms with Gasteiger partial charge in [0.15, 0.2) is 11.7 Å². The Morgan fingerprint density at radius 2 is 1.88 bits per heavy atom. The fourth-order valence-corrected chi connectivity index (χ4v) is 2.79. The Hall–Kier alpha value is -4.13. The zero-order valence-electron chi connectivity index (χ0n) is 18.3. The van der Waals surface area contributed by atoms with Gasteiger partial charge >= 0.3 is 0 Å². The lowest BCUT2D eigenvalue weighted by molar-refractivity contribution is 1.07. The average Bonchev–Trinajstić information content (AvgIpc) is 2.85. The van der Waals surface area contributed by atoms with Crippen LogP contribution in [-0.4, -0.2) is 38.7 Å². The molecule has 0 saturated heterocycles. The van der Waals surface area contributed by atoms with Gasteiger partial charge in [0.05, 0.1) is 11.4 Å². The molecule has 0 aliphatic heterocycles. The van der Waals surface area contributed by atoms with E-state index in [0.29, 0.717) is 23.8 Å². The second-order valence-corrected chi connectivity index (χ2v) is 6.59. The van der Waals surface area contributed by atoms with Gasteiger partial charge in [-0.1, -0.05) is 31.2 Å². The Kier molecular flexibility index (Phi) is 8.39. The molecule has 0 aromatic carbocycles. The first-order valence-electron chi connectivity index (χ1n) is 10.3. The Balaban J connectivity index is 1.75. The summed E-state index contributed by atoms with van der Waals surface area (Å²) in [5.41, 5.74) is 3.84. The zero-order chi connectivity index (χ0) is 22.6. The van der Waals surface area contributed by atoms with Crippen molar-refractivity contribution in [3.8, 4) is 11.4 Å². The van der Waals surface area contributed by atoms with Crippen LogP contribution in [0.3, 0.4) is 0 Å². The lowest BCUT2D eigenvalue weighted by Crippen LogP contribution is -1.98. The molecule has 3 aromatic rings. The van der Waals surface area contributed by atoms with Crippen LogP contribution >= 0.6 is 0 Å². The van der Waals surface area contributed by atoms with Crippen LogP contribution in [0.1, 0.15) is 37.5 Å². The molecule has 0 atom stereocenters. The predicted octanol–water partition coefficient (Wildman–Crippen LogP) is 4.98. The maximum Gasteiger partial charge on any atom is 0.178 e. The number of hydrogen-bond donors (Lipinski definition) is 0. The normalized spacial score (nSPS) is 12.6. The van der Waals surface area contributed by atoms with Gasteiger partial charge in [0.2, 0.25) is 0 Å². The average molecular weight is 424 g/mol. The van der Waals surface area contributed by atoms with Crippen molar-refractivity contribution in [1.29, 1.82) is 0 Å². The maximum atomic E-state index is 4.73. The SMILES string of the molecule is C=NC(=N/C=C\Cc1cccc(-c2ccnc(/C(=C/C)N=CCC)n2)n1)c1ccccn1. The monoisotopic (exact) mass is 423 g/mol. The van der Waals surface area contributed by atoms with Crippen LogP contribution in [0, 0.1) is 0 Å². The van der Waals surface area contributed by atoms with Gasteiger partial charge in [-0.2, -0.15) is 0 Å². The van der Waals surface area contributed by atoms with E-state index in [1.165, 1.54) is 0 Å². The van der Waals surface area contributed by atoms with E-state index in [9.17, 15) is 0 Å². The summed E-state index contributed by atoms with van der Waals surface area (Å²) in [6, 6.07) is 13.3. The van der Waals surface area contributed by atoms with Crippen LogP contribution in [0.25, 0.3) is 17.1 Å². The minimum atomic E-state index is 0.475. The van der Waals surface area contributed by atoms with E-state index in [0.717, 1.165) is 29.2 Å². The van der Waals surface area contributed by atoms with Gasteiger partial charge < -0.3 is 0 Å². The number of nitrogens with zero attached hydrogens (tertiary/aromatic N) is 7.